The largest absolute Gasteiger partial charge is 0.376 e. The molecule has 0 radical (unpaired) electrons. The Balaban J connectivity index is 1.73. The monoisotopic (exact) mass is 248 g/mol. The average Bonchev–Trinajstić information content (AvgIpc) is 2.90. The number of likely N-dealkylation sites (N-methyl/N-ethyl adjacent to an activating group) is 1. The maximum absolute atomic E-state index is 11.9. The van der Waals surface area contributed by atoms with Crippen LogP contribution >= 0.6 is 0 Å². The first-order valence-corrected chi connectivity index (χ1v) is 6.40. The second-order valence-corrected chi connectivity index (χ2v) is 4.66. The van der Waals surface area contributed by atoms with Crippen LogP contribution in [0.25, 0.3) is 0 Å². The number of carbonyl (C=O) groups excluding carboxylic acids is 1. The molecule has 1 atom stereocenters. The van der Waals surface area contributed by atoms with Crippen molar-refractivity contribution in [3.63, 3.8) is 0 Å². The van der Waals surface area contributed by atoms with Gasteiger partial charge in [-0.1, -0.05) is 30.3 Å². The predicted octanol–water partition coefficient (Wildman–Crippen LogP) is 2.01. The van der Waals surface area contributed by atoms with Crippen LogP contribution in [0.2, 0.25) is 0 Å². The Labute approximate surface area is 108 Å². The molecule has 4 heteroatoms. The summed E-state index contributed by atoms with van der Waals surface area (Å²) in [6, 6.07) is 9.86. The van der Waals surface area contributed by atoms with Crippen molar-refractivity contribution in [3.8, 4) is 0 Å². The first-order chi connectivity index (χ1) is 8.75. The van der Waals surface area contributed by atoms with Crippen molar-refractivity contribution in [1.82, 2.24) is 10.2 Å². The lowest BCUT2D eigenvalue weighted by Gasteiger charge is -2.21. The number of carbonyl (C=O) groups is 1. The lowest BCUT2D eigenvalue weighted by atomic mass is 10.2. The van der Waals surface area contributed by atoms with Crippen molar-refractivity contribution in [2.45, 2.75) is 25.5 Å². The third kappa shape index (κ3) is 3.74. The molecule has 1 N–H and O–H groups in total. The lowest BCUT2D eigenvalue weighted by Crippen LogP contribution is -2.40. The third-order valence-corrected chi connectivity index (χ3v) is 3.13. The summed E-state index contributed by atoms with van der Waals surface area (Å²) in [4.78, 5) is 13.6. The molecule has 1 aliphatic heterocycles. The minimum atomic E-state index is -0.0469. The Morgan fingerprint density at radius 2 is 2.22 bits per heavy atom. The molecule has 0 spiro atoms. The topological polar surface area (TPSA) is 41.6 Å². The molecule has 0 aliphatic carbocycles. The van der Waals surface area contributed by atoms with E-state index >= 15 is 0 Å². The zero-order valence-electron chi connectivity index (χ0n) is 10.8. The summed E-state index contributed by atoms with van der Waals surface area (Å²) in [5.41, 5.74) is 1.11. The van der Waals surface area contributed by atoms with Gasteiger partial charge < -0.3 is 15.0 Å². The van der Waals surface area contributed by atoms with Gasteiger partial charge >= 0.3 is 6.03 Å². The number of amides is 2. The molecule has 4 nitrogen and oxygen atoms in total. The fraction of sp³-hybridized carbons (Fsp3) is 0.500. The molecule has 0 saturated carbocycles. The van der Waals surface area contributed by atoms with Gasteiger partial charge in [0, 0.05) is 26.7 Å². The summed E-state index contributed by atoms with van der Waals surface area (Å²) in [7, 11) is 1.81. The van der Waals surface area contributed by atoms with Crippen LogP contribution in [-0.2, 0) is 11.3 Å². The van der Waals surface area contributed by atoms with Gasteiger partial charge in [0.05, 0.1) is 6.10 Å². The van der Waals surface area contributed by atoms with Crippen LogP contribution in [0.1, 0.15) is 18.4 Å². The third-order valence-electron chi connectivity index (χ3n) is 3.13. The molecule has 1 saturated heterocycles. The normalized spacial score (nSPS) is 18.6. The number of hydrogen-bond acceptors (Lipinski definition) is 2. The number of rotatable bonds is 4. The van der Waals surface area contributed by atoms with Crippen molar-refractivity contribution in [1.29, 1.82) is 0 Å². The second kappa shape index (κ2) is 6.40. The summed E-state index contributed by atoms with van der Waals surface area (Å²) in [5, 5.41) is 2.90. The van der Waals surface area contributed by atoms with Crippen molar-refractivity contribution in [3.05, 3.63) is 35.9 Å². The van der Waals surface area contributed by atoms with E-state index in [1.807, 2.05) is 37.4 Å². The van der Waals surface area contributed by atoms with Crippen molar-refractivity contribution in [2.75, 3.05) is 20.2 Å². The van der Waals surface area contributed by atoms with Crippen molar-refractivity contribution >= 4 is 6.03 Å². The van der Waals surface area contributed by atoms with E-state index in [4.69, 9.17) is 4.74 Å². The van der Waals surface area contributed by atoms with E-state index in [-0.39, 0.29) is 12.1 Å². The molecule has 1 aromatic rings. The average molecular weight is 248 g/mol. The van der Waals surface area contributed by atoms with Gasteiger partial charge in [-0.15, -0.1) is 0 Å². The van der Waals surface area contributed by atoms with Crippen LogP contribution in [0, 0.1) is 0 Å². The molecule has 2 amide bonds. The Kier molecular flexibility index (Phi) is 4.59. The van der Waals surface area contributed by atoms with Gasteiger partial charge in [-0.25, -0.2) is 4.79 Å². The summed E-state index contributed by atoms with van der Waals surface area (Å²) in [5.74, 6) is 0. The smallest absolute Gasteiger partial charge is 0.317 e. The molecule has 98 valence electrons. The van der Waals surface area contributed by atoms with E-state index in [0.29, 0.717) is 13.1 Å². The molecule has 18 heavy (non-hydrogen) atoms. The number of urea groups is 1. The van der Waals surface area contributed by atoms with Crippen LogP contribution in [0.4, 0.5) is 4.79 Å². The Morgan fingerprint density at radius 3 is 2.89 bits per heavy atom. The molecule has 1 aromatic carbocycles. The van der Waals surface area contributed by atoms with Gasteiger partial charge in [0.2, 0.25) is 0 Å². The van der Waals surface area contributed by atoms with E-state index in [9.17, 15) is 4.79 Å². The highest BCUT2D eigenvalue weighted by Gasteiger charge is 2.19. The van der Waals surface area contributed by atoms with Gasteiger partial charge in [-0.2, -0.15) is 0 Å². The predicted molar refractivity (Wildman–Crippen MR) is 70.3 cm³/mol. The molecule has 1 fully saturated rings. The van der Waals surface area contributed by atoms with E-state index in [0.717, 1.165) is 25.0 Å². The second-order valence-electron chi connectivity index (χ2n) is 4.66. The number of hydrogen-bond donors (Lipinski definition) is 1. The molecule has 0 aromatic heterocycles. The van der Waals surface area contributed by atoms with Gasteiger partial charge in [-0.3, -0.25) is 0 Å². The van der Waals surface area contributed by atoms with Crippen LogP contribution in [0.5, 0.6) is 0 Å². The van der Waals surface area contributed by atoms with Gasteiger partial charge in [0.1, 0.15) is 0 Å². The highest BCUT2D eigenvalue weighted by atomic mass is 16.5. The van der Waals surface area contributed by atoms with Gasteiger partial charge in [-0.05, 0) is 18.4 Å². The molecule has 1 aliphatic rings. The maximum atomic E-state index is 11.9. The summed E-state index contributed by atoms with van der Waals surface area (Å²) in [6.45, 7) is 2.06. The zero-order chi connectivity index (χ0) is 12.8. The van der Waals surface area contributed by atoms with Crippen molar-refractivity contribution < 1.29 is 9.53 Å². The standard InChI is InChI=1S/C14H20N2O2/c1-16(11-13-8-5-9-18-13)14(17)15-10-12-6-3-2-4-7-12/h2-4,6-7,13H,5,8-11H2,1H3,(H,15,17)/t13-/m1/s1. The first kappa shape index (κ1) is 12.9. The summed E-state index contributed by atoms with van der Waals surface area (Å²) in [6.07, 6.45) is 2.36. The molecule has 1 heterocycles. The summed E-state index contributed by atoms with van der Waals surface area (Å²) < 4.78 is 5.51. The van der Waals surface area contributed by atoms with Crippen LogP contribution in [0.15, 0.2) is 30.3 Å². The minimum Gasteiger partial charge on any atom is -0.376 e. The van der Waals surface area contributed by atoms with Crippen LogP contribution in [0.3, 0.4) is 0 Å². The Hall–Kier alpha value is -1.55. The van der Waals surface area contributed by atoms with Gasteiger partial charge in [0.25, 0.3) is 0 Å². The molecular weight excluding hydrogens is 228 g/mol. The quantitative estimate of drug-likeness (QED) is 0.885. The number of nitrogens with zero attached hydrogens (tertiary/aromatic N) is 1. The van der Waals surface area contributed by atoms with Crippen LogP contribution in [-0.4, -0.2) is 37.2 Å². The lowest BCUT2D eigenvalue weighted by molar-refractivity contribution is 0.0874. The highest BCUT2D eigenvalue weighted by Crippen LogP contribution is 2.12. The fourth-order valence-corrected chi connectivity index (χ4v) is 2.09. The number of benzene rings is 1. The van der Waals surface area contributed by atoms with E-state index in [2.05, 4.69) is 5.32 Å². The van der Waals surface area contributed by atoms with Crippen molar-refractivity contribution in [2.24, 2.45) is 0 Å². The van der Waals surface area contributed by atoms with E-state index in [1.54, 1.807) is 4.90 Å². The van der Waals surface area contributed by atoms with E-state index in [1.165, 1.54) is 0 Å². The number of nitrogens with one attached hydrogen (secondary N) is 1. The fourth-order valence-electron chi connectivity index (χ4n) is 2.09. The summed E-state index contributed by atoms with van der Waals surface area (Å²) >= 11 is 0. The Morgan fingerprint density at radius 1 is 1.44 bits per heavy atom. The van der Waals surface area contributed by atoms with Gasteiger partial charge in [0.15, 0.2) is 0 Å². The molecule has 0 bridgehead atoms. The SMILES string of the molecule is CN(C[C@H]1CCCO1)C(=O)NCc1ccccc1. The maximum Gasteiger partial charge on any atom is 0.317 e. The molecule has 2 rings (SSSR count). The molecular formula is C14H20N2O2. The molecule has 0 unspecified atom stereocenters. The number of ether oxygens (including phenoxy) is 1. The zero-order valence-corrected chi connectivity index (χ0v) is 10.8. The first-order valence-electron chi connectivity index (χ1n) is 6.40. The Bertz CT molecular complexity index is 375. The van der Waals surface area contributed by atoms with E-state index < -0.39 is 0 Å². The minimum absolute atomic E-state index is 0.0469. The highest BCUT2D eigenvalue weighted by molar-refractivity contribution is 5.73. The van der Waals surface area contributed by atoms with Crippen LogP contribution < -0.4 is 5.32 Å².